The predicted molar refractivity (Wildman–Crippen MR) is 154 cm³/mol. The molecule has 2 saturated heterocycles. The number of carbonyl (C=O) groups excluding carboxylic acids is 3. The van der Waals surface area contributed by atoms with Gasteiger partial charge in [-0.25, -0.2) is 9.59 Å². The van der Waals surface area contributed by atoms with Crippen molar-refractivity contribution in [2.75, 3.05) is 33.2 Å². The molecule has 2 fully saturated rings. The number of carboxylic acid groups (broad SMARTS) is 1. The number of halogens is 1. The van der Waals surface area contributed by atoms with Crippen molar-refractivity contribution < 1.29 is 24.3 Å². The number of hydrogen-bond acceptors (Lipinski definition) is 7. The van der Waals surface area contributed by atoms with Crippen molar-refractivity contribution in [1.82, 2.24) is 25.8 Å². The first kappa shape index (κ1) is 32.8. The quantitative estimate of drug-likeness (QED) is 0.156. The van der Waals surface area contributed by atoms with E-state index in [9.17, 15) is 24.3 Å². The highest BCUT2D eigenvalue weighted by Crippen LogP contribution is 2.18. The standard InChI is InChI=1S/C27H41N7O5.ClH/c1-33(20-12-9-13-29-17-20)24(35)21(18-30-28)23(25(36)34-14-7-2-3-8-15-34)32-27(39)31-22(26(37)38)16-19-10-5-4-6-11-19;/h4-6,10-11,18,20-23,29H,2-3,7-9,12-17,28H2,1H3,(H,37,38)(H2,31,32,39);1H/t20-,21+,22+,23?;/m0./s1. The van der Waals surface area contributed by atoms with Crippen LogP contribution in [0.4, 0.5) is 4.79 Å². The van der Waals surface area contributed by atoms with Crippen LogP contribution in [0.2, 0.25) is 0 Å². The lowest BCUT2D eigenvalue weighted by Gasteiger charge is -2.36. The van der Waals surface area contributed by atoms with Crippen LogP contribution in [0, 0.1) is 5.92 Å². The Kier molecular flexibility index (Phi) is 13.7. The third-order valence-electron chi connectivity index (χ3n) is 7.41. The van der Waals surface area contributed by atoms with Crippen LogP contribution in [-0.2, 0) is 20.8 Å². The Morgan fingerprint density at radius 2 is 1.80 bits per heavy atom. The first-order chi connectivity index (χ1) is 18.8. The van der Waals surface area contributed by atoms with Crippen LogP contribution in [-0.4, -0.2) is 96.3 Å². The van der Waals surface area contributed by atoms with E-state index in [2.05, 4.69) is 21.1 Å². The molecule has 4 atom stereocenters. The van der Waals surface area contributed by atoms with Crippen molar-refractivity contribution in [3.05, 3.63) is 35.9 Å². The van der Waals surface area contributed by atoms with Gasteiger partial charge in [0.15, 0.2) is 0 Å². The smallest absolute Gasteiger partial charge is 0.326 e. The van der Waals surface area contributed by atoms with Gasteiger partial charge in [0.25, 0.3) is 0 Å². The fraction of sp³-hybridized carbons (Fsp3) is 0.593. The second-order valence-corrected chi connectivity index (χ2v) is 10.2. The highest BCUT2D eigenvalue weighted by atomic mass is 35.5. The summed E-state index contributed by atoms with van der Waals surface area (Å²) in [6.07, 6.45) is 6.58. The lowest BCUT2D eigenvalue weighted by Crippen LogP contribution is -2.60. The number of likely N-dealkylation sites (tertiary alicyclic amines) is 1. The molecule has 40 heavy (non-hydrogen) atoms. The Morgan fingerprint density at radius 3 is 2.38 bits per heavy atom. The third kappa shape index (κ3) is 9.37. The maximum absolute atomic E-state index is 13.8. The number of amides is 4. The molecule has 2 aliphatic rings. The van der Waals surface area contributed by atoms with Crippen molar-refractivity contribution in [2.24, 2.45) is 16.9 Å². The van der Waals surface area contributed by atoms with E-state index in [1.807, 2.05) is 6.07 Å². The highest BCUT2D eigenvalue weighted by Gasteiger charge is 2.40. The molecule has 2 heterocycles. The molecule has 222 valence electrons. The Morgan fingerprint density at radius 1 is 1.12 bits per heavy atom. The SMILES string of the molecule is CN(C(=O)[C@H](C=NN)C(NC(=O)N[C@H](Cc1ccccc1)C(=O)O)C(=O)N1CCCCCC1)[C@H]1CCCNC1.Cl. The van der Waals surface area contributed by atoms with Crippen molar-refractivity contribution in [2.45, 2.75) is 63.1 Å². The number of benzene rings is 1. The van der Waals surface area contributed by atoms with Crippen molar-refractivity contribution >= 4 is 42.4 Å². The number of nitrogens with two attached hydrogens (primary N) is 1. The van der Waals surface area contributed by atoms with Gasteiger partial charge in [-0.3, -0.25) is 9.59 Å². The average Bonchev–Trinajstić information content (AvgIpc) is 3.24. The summed E-state index contributed by atoms with van der Waals surface area (Å²) in [7, 11) is 1.67. The van der Waals surface area contributed by atoms with Gasteiger partial charge in [0, 0.05) is 45.4 Å². The zero-order valence-electron chi connectivity index (χ0n) is 23.0. The second kappa shape index (κ2) is 16.7. The largest absolute Gasteiger partial charge is 0.480 e. The van der Waals surface area contributed by atoms with Gasteiger partial charge in [-0.1, -0.05) is 43.2 Å². The van der Waals surface area contributed by atoms with Crippen LogP contribution in [0.25, 0.3) is 0 Å². The minimum atomic E-state index is -1.31. The molecule has 1 unspecified atom stereocenters. The molecule has 0 aromatic heterocycles. The maximum atomic E-state index is 13.8. The molecule has 1 aromatic carbocycles. The molecule has 6 N–H and O–H groups in total. The van der Waals surface area contributed by atoms with Crippen LogP contribution in [0.15, 0.2) is 35.4 Å². The molecule has 0 saturated carbocycles. The van der Waals surface area contributed by atoms with E-state index in [4.69, 9.17) is 5.84 Å². The van der Waals surface area contributed by atoms with E-state index in [0.717, 1.165) is 50.6 Å². The topological polar surface area (TPSA) is 169 Å². The van der Waals surface area contributed by atoms with Gasteiger partial charge in [0.2, 0.25) is 11.8 Å². The molecule has 0 aliphatic carbocycles. The number of rotatable bonds is 10. The van der Waals surface area contributed by atoms with E-state index >= 15 is 0 Å². The second-order valence-electron chi connectivity index (χ2n) is 10.2. The Hall–Kier alpha value is -3.38. The molecule has 0 bridgehead atoms. The van der Waals surface area contributed by atoms with Crippen LogP contribution >= 0.6 is 12.4 Å². The van der Waals surface area contributed by atoms with Crippen LogP contribution in [0.1, 0.15) is 44.1 Å². The summed E-state index contributed by atoms with van der Waals surface area (Å²) in [5.74, 6) is 2.28. The van der Waals surface area contributed by atoms with Crippen LogP contribution in [0.5, 0.6) is 0 Å². The average molecular weight is 580 g/mol. The van der Waals surface area contributed by atoms with Gasteiger partial charge >= 0.3 is 12.0 Å². The number of urea groups is 1. The molecule has 4 amide bonds. The van der Waals surface area contributed by atoms with Crippen LogP contribution in [0.3, 0.4) is 0 Å². The maximum Gasteiger partial charge on any atom is 0.326 e. The molecule has 1 aromatic rings. The number of carbonyl (C=O) groups is 4. The number of hydrogen-bond donors (Lipinski definition) is 5. The summed E-state index contributed by atoms with van der Waals surface area (Å²) in [6.45, 7) is 2.51. The minimum absolute atomic E-state index is 0. The number of nitrogens with zero attached hydrogens (tertiary/aromatic N) is 3. The minimum Gasteiger partial charge on any atom is -0.480 e. The van der Waals surface area contributed by atoms with Crippen molar-refractivity contribution in [3.8, 4) is 0 Å². The summed E-state index contributed by atoms with van der Waals surface area (Å²) in [6, 6.07) is 5.42. The molecular weight excluding hydrogens is 538 g/mol. The monoisotopic (exact) mass is 579 g/mol. The molecule has 0 spiro atoms. The molecule has 0 radical (unpaired) electrons. The predicted octanol–water partition coefficient (Wildman–Crippen LogP) is 0.946. The number of carboxylic acids is 1. The van der Waals surface area contributed by atoms with E-state index in [-0.39, 0.29) is 24.9 Å². The zero-order chi connectivity index (χ0) is 28.2. The lowest BCUT2D eigenvalue weighted by atomic mass is 9.95. The fourth-order valence-electron chi connectivity index (χ4n) is 5.15. The van der Waals surface area contributed by atoms with E-state index < -0.39 is 41.8 Å². The number of hydrazone groups is 1. The van der Waals surface area contributed by atoms with E-state index in [1.165, 1.54) is 6.21 Å². The summed E-state index contributed by atoms with van der Waals surface area (Å²) in [4.78, 5) is 55.8. The summed E-state index contributed by atoms with van der Waals surface area (Å²) in [5, 5.41) is 21.7. The summed E-state index contributed by atoms with van der Waals surface area (Å²) >= 11 is 0. The van der Waals surface area contributed by atoms with Gasteiger partial charge < -0.3 is 36.7 Å². The lowest BCUT2D eigenvalue weighted by molar-refractivity contribution is -0.141. The normalized spacial score (nSPS) is 19.8. The van der Waals surface area contributed by atoms with Gasteiger partial charge in [-0.2, -0.15) is 5.10 Å². The Labute approximate surface area is 241 Å². The Balaban J connectivity index is 0.00000560. The summed E-state index contributed by atoms with van der Waals surface area (Å²) < 4.78 is 0. The third-order valence-corrected chi connectivity index (χ3v) is 7.41. The molecule has 12 nitrogen and oxygen atoms in total. The molecule has 3 rings (SSSR count). The number of piperidine rings is 1. The van der Waals surface area contributed by atoms with Gasteiger partial charge in [-0.15, -0.1) is 12.4 Å². The van der Waals surface area contributed by atoms with Gasteiger partial charge in [-0.05, 0) is 37.8 Å². The highest BCUT2D eigenvalue weighted by molar-refractivity contribution is 6.02. The van der Waals surface area contributed by atoms with Crippen molar-refractivity contribution in [3.63, 3.8) is 0 Å². The number of likely N-dealkylation sites (N-methyl/N-ethyl adjacent to an activating group) is 1. The molecular formula is C27H42ClN7O5. The van der Waals surface area contributed by atoms with Crippen molar-refractivity contribution in [1.29, 1.82) is 0 Å². The first-order valence-corrected chi connectivity index (χ1v) is 13.6. The summed E-state index contributed by atoms with van der Waals surface area (Å²) in [5.41, 5.74) is 0.730. The number of aliphatic carboxylic acids is 1. The fourth-order valence-corrected chi connectivity index (χ4v) is 5.15. The Bertz CT molecular complexity index is 998. The molecule has 13 heteroatoms. The zero-order valence-corrected chi connectivity index (χ0v) is 23.8. The van der Waals surface area contributed by atoms with E-state index in [0.29, 0.717) is 19.6 Å². The van der Waals surface area contributed by atoms with Crippen LogP contribution < -0.4 is 21.8 Å². The molecule has 2 aliphatic heterocycles. The van der Waals surface area contributed by atoms with Gasteiger partial charge in [0.05, 0.1) is 0 Å². The number of nitrogens with one attached hydrogen (secondary N) is 3. The first-order valence-electron chi connectivity index (χ1n) is 13.6. The van der Waals surface area contributed by atoms with E-state index in [1.54, 1.807) is 41.1 Å². The van der Waals surface area contributed by atoms with Gasteiger partial charge in [0.1, 0.15) is 18.0 Å².